The van der Waals surface area contributed by atoms with E-state index in [4.69, 9.17) is 0 Å². The molecule has 2 saturated heterocycles. The fourth-order valence-corrected chi connectivity index (χ4v) is 3.00. The Morgan fingerprint density at radius 3 is 2.24 bits per heavy atom. The van der Waals surface area contributed by atoms with E-state index >= 15 is 0 Å². The molecule has 0 saturated carbocycles. The van der Waals surface area contributed by atoms with Crippen molar-refractivity contribution in [2.24, 2.45) is 11.8 Å². The third-order valence-electron chi connectivity index (χ3n) is 4.01. The van der Waals surface area contributed by atoms with Gasteiger partial charge in [-0.2, -0.15) is 0 Å². The standard InChI is InChI=1S/C14H15F3N2O2/c15-14(16,17)21-12-3-1-9(2-4-12)13(20)19-7-10-5-18-6-11(10)8-19/h1-4,10-11,18H,5-8H2. The molecule has 2 aliphatic rings. The number of fused-ring (bicyclic) bond motifs is 1. The van der Waals surface area contributed by atoms with Crippen molar-refractivity contribution in [1.82, 2.24) is 10.2 Å². The number of ether oxygens (including phenoxy) is 1. The predicted molar refractivity (Wildman–Crippen MR) is 68.9 cm³/mol. The Hall–Kier alpha value is -1.76. The van der Waals surface area contributed by atoms with Gasteiger partial charge in [-0.1, -0.05) is 0 Å². The quantitative estimate of drug-likeness (QED) is 0.906. The number of hydrogen-bond donors (Lipinski definition) is 1. The van der Waals surface area contributed by atoms with Gasteiger partial charge < -0.3 is 15.0 Å². The molecule has 0 radical (unpaired) electrons. The van der Waals surface area contributed by atoms with Gasteiger partial charge in [0.15, 0.2) is 0 Å². The summed E-state index contributed by atoms with van der Waals surface area (Å²) in [4.78, 5) is 14.1. The van der Waals surface area contributed by atoms with Crippen LogP contribution in [0, 0.1) is 11.8 Å². The van der Waals surface area contributed by atoms with E-state index in [-0.39, 0.29) is 11.7 Å². The molecule has 1 amide bonds. The van der Waals surface area contributed by atoms with Crippen LogP contribution in [-0.2, 0) is 0 Å². The van der Waals surface area contributed by atoms with Crippen molar-refractivity contribution in [3.63, 3.8) is 0 Å². The molecule has 4 nitrogen and oxygen atoms in total. The van der Waals surface area contributed by atoms with Crippen LogP contribution in [0.5, 0.6) is 5.75 Å². The van der Waals surface area contributed by atoms with Crippen LogP contribution in [0.25, 0.3) is 0 Å². The molecule has 1 aromatic rings. The fraction of sp³-hybridized carbons (Fsp3) is 0.500. The van der Waals surface area contributed by atoms with E-state index in [1.54, 1.807) is 4.90 Å². The Bertz CT molecular complexity index is 518. The summed E-state index contributed by atoms with van der Waals surface area (Å²) in [7, 11) is 0. The second-order valence-electron chi connectivity index (χ2n) is 5.46. The second kappa shape index (κ2) is 5.22. The Balaban J connectivity index is 1.65. The number of likely N-dealkylation sites (tertiary alicyclic amines) is 1. The van der Waals surface area contributed by atoms with Gasteiger partial charge in [-0.15, -0.1) is 13.2 Å². The maximum Gasteiger partial charge on any atom is 0.573 e. The van der Waals surface area contributed by atoms with E-state index in [2.05, 4.69) is 10.1 Å². The first-order valence-electron chi connectivity index (χ1n) is 6.78. The van der Waals surface area contributed by atoms with Gasteiger partial charge in [0.2, 0.25) is 0 Å². The highest BCUT2D eigenvalue weighted by atomic mass is 19.4. The Morgan fingerprint density at radius 2 is 1.71 bits per heavy atom. The lowest BCUT2D eigenvalue weighted by molar-refractivity contribution is -0.274. The molecule has 0 aliphatic carbocycles. The van der Waals surface area contributed by atoms with Crippen molar-refractivity contribution < 1.29 is 22.7 Å². The first-order valence-corrected chi connectivity index (χ1v) is 6.78. The normalized spacial score (nSPS) is 25.0. The monoisotopic (exact) mass is 300 g/mol. The molecule has 1 N–H and O–H groups in total. The number of nitrogens with zero attached hydrogens (tertiary/aromatic N) is 1. The van der Waals surface area contributed by atoms with Crippen LogP contribution in [0.15, 0.2) is 24.3 Å². The number of carbonyl (C=O) groups excluding carboxylic acids is 1. The lowest BCUT2D eigenvalue weighted by Gasteiger charge is -2.17. The summed E-state index contributed by atoms with van der Waals surface area (Å²) in [6.07, 6.45) is -4.72. The van der Waals surface area contributed by atoms with Crippen LogP contribution in [0.4, 0.5) is 13.2 Å². The molecule has 2 heterocycles. The molecule has 0 aromatic heterocycles. The summed E-state index contributed by atoms with van der Waals surface area (Å²) in [6, 6.07) is 5.07. The minimum absolute atomic E-state index is 0.136. The number of carbonyl (C=O) groups is 1. The van der Waals surface area contributed by atoms with E-state index in [0.717, 1.165) is 13.1 Å². The zero-order valence-electron chi connectivity index (χ0n) is 11.2. The van der Waals surface area contributed by atoms with Gasteiger partial charge >= 0.3 is 6.36 Å². The topological polar surface area (TPSA) is 41.6 Å². The summed E-state index contributed by atoms with van der Waals surface area (Å²) in [5.74, 6) is 0.521. The maximum absolute atomic E-state index is 12.3. The number of benzene rings is 1. The Labute approximate surface area is 119 Å². The fourth-order valence-electron chi connectivity index (χ4n) is 3.00. The number of nitrogens with one attached hydrogen (secondary N) is 1. The third-order valence-corrected chi connectivity index (χ3v) is 4.01. The SMILES string of the molecule is O=C(c1ccc(OC(F)(F)F)cc1)N1CC2CNCC2C1. The highest BCUT2D eigenvalue weighted by molar-refractivity contribution is 5.94. The molecule has 114 valence electrons. The van der Waals surface area contributed by atoms with Gasteiger partial charge in [0.25, 0.3) is 5.91 Å². The van der Waals surface area contributed by atoms with Crippen LogP contribution in [-0.4, -0.2) is 43.3 Å². The second-order valence-corrected chi connectivity index (χ2v) is 5.46. The third kappa shape index (κ3) is 3.12. The lowest BCUT2D eigenvalue weighted by Crippen LogP contribution is -2.31. The van der Waals surface area contributed by atoms with Gasteiger partial charge in [0.1, 0.15) is 5.75 Å². The van der Waals surface area contributed by atoms with E-state index in [1.807, 2.05) is 0 Å². The summed E-state index contributed by atoms with van der Waals surface area (Å²) >= 11 is 0. The lowest BCUT2D eigenvalue weighted by atomic mass is 10.0. The van der Waals surface area contributed by atoms with Crippen molar-refractivity contribution in [2.45, 2.75) is 6.36 Å². The van der Waals surface area contributed by atoms with E-state index in [0.29, 0.717) is 30.5 Å². The number of rotatable bonds is 2. The maximum atomic E-state index is 12.3. The minimum Gasteiger partial charge on any atom is -0.406 e. The predicted octanol–water partition coefficient (Wildman–Crippen LogP) is 1.88. The van der Waals surface area contributed by atoms with E-state index < -0.39 is 6.36 Å². The zero-order valence-corrected chi connectivity index (χ0v) is 11.2. The molecule has 7 heteroatoms. The highest BCUT2D eigenvalue weighted by Crippen LogP contribution is 2.28. The highest BCUT2D eigenvalue weighted by Gasteiger charge is 2.38. The molecule has 0 spiro atoms. The smallest absolute Gasteiger partial charge is 0.406 e. The molecule has 0 bridgehead atoms. The van der Waals surface area contributed by atoms with Gasteiger partial charge in [-0.3, -0.25) is 4.79 Å². The summed E-state index contributed by atoms with van der Waals surface area (Å²) < 4.78 is 40.0. The number of hydrogen-bond acceptors (Lipinski definition) is 3. The van der Waals surface area contributed by atoms with Crippen molar-refractivity contribution in [3.05, 3.63) is 29.8 Å². The number of halogens is 3. The average molecular weight is 300 g/mol. The molecular weight excluding hydrogens is 285 g/mol. The van der Waals surface area contributed by atoms with Crippen LogP contribution in [0.3, 0.4) is 0 Å². The zero-order chi connectivity index (χ0) is 15.0. The molecular formula is C14H15F3N2O2. The Morgan fingerprint density at radius 1 is 1.14 bits per heavy atom. The van der Waals surface area contributed by atoms with Crippen molar-refractivity contribution in [3.8, 4) is 5.75 Å². The van der Waals surface area contributed by atoms with Crippen molar-refractivity contribution >= 4 is 5.91 Å². The van der Waals surface area contributed by atoms with Crippen LogP contribution >= 0.6 is 0 Å². The van der Waals surface area contributed by atoms with Gasteiger partial charge in [-0.05, 0) is 36.1 Å². The van der Waals surface area contributed by atoms with E-state index in [1.165, 1.54) is 24.3 Å². The van der Waals surface area contributed by atoms with Crippen LogP contribution in [0.1, 0.15) is 10.4 Å². The van der Waals surface area contributed by atoms with Crippen LogP contribution in [0.2, 0.25) is 0 Å². The summed E-state index contributed by atoms with van der Waals surface area (Å²) in [5, 5.41) is 3.29. The van der Waals surface area contributed by atoms with Gasteiger partial charge in [0, 0.05) is 31.7 Å². The molecule has 3 rings (SSSR count). The molecule has 2 aliphatic heterocycles. The first kappa shape index (κ1) is 14.2. The largest absolute Gasteiger partial charge is 0.573 e. The molecule has 2 unspecified atom stereocenters. The molecule has 21 heavy (non-hydrogen) atoms. The summed E-state index contributed by atoms with van der Waals surface area (Å²) in [6.45, 7) is 3.26. The molecule has 1 aromatic carbocycles. The minimum atomic E-state index is -4.72. The van der Waals surface area contributed by atoms with E-state index in [9.17, 15) is 18.0 Å². The molecule has 2 fully saturated rings. The average Bonchev–Trinajstić information content (AvgIpc) is 2.97. The molecule has 2 atom stereocenters. The first-order chi connectivity index (χ1) is 9.92. The number of amides is 1. The van der Waals surface area contributed by atoms with Crippen molar-refractivity contribution in [1.29, 1.82) is 0 Å². The van der Waals surface area contributed by atoms with Gasteiger partial charge in [-0.25, -0.2) is 0 Å². The van der Waals surface area contributed by atoms with Gasteiger partial charge in [0.05, 0.1) is 0 Å². The Kier molecular flexibility index (Phi) is 3.52. The summed E-state index contributed by atoms with van der Waals surface area (Å²) in [5.41, 5.74) is 0.387. The van der Waals surface area contributed by atoms with Crippen molar-refractivity contribution in [2.75, 3.05) is 26.2 Å². The van der Waals surface area contributed by atoms with Crippen LogP contribution < -0.4 is 10.1 Å². The number of alkyl halides is 3.